The van der Waals surface area contributed by atoms with Crippen molar-refractivity contribution in [3.05, 3.63) is 34.3 Å². The van der Waals surface area contributed by atoms with Gasteiger partial charge in [0, 0.05) is 22.5 Å². The molecule has 0 saturated carbocycles. The normalized spacial score (nSPS) is 20.2. The lowest BCUT2D eigenvalue weighted by molar-refractivity contribution is -0.0999. The van der Waals surface area contributed by atoms with Crippen molar-refractivity contribution in [3.8, 4) is 0 Å². The minimum Gasteiger partial charge on any atom is -0.380 e. The zero-order valence-electron chi connectivity index (χ0n) is 9.79. The summed E-state index contributed by atoms with van der Waals surface area (Å²) >= 11 is 3.50. The number of hydrogen-bond acceptors (Lipinski definition) is 2. The van der Waals surface area contributed by atoms with Crippen LogP contribution in [0, 0.1) is 5.41 Å². The number of hydrogen-bond donors (Lipinski definition) is 1. The lowest BCUT2D eigenvalue weighted by Crippen LogP contribution is -2.47. The van der Waals surface area contributed by atoms with Crippen molar-refractivity contribution >= 4 is 15.9 Å². The first-order valence-electron chi connectivity index (χ1n) is 5.66. The Morgan fingerprint density at radius 2 is 2.25 bits per heavy atom. The molecule has 88 valence electrons. The summed E-state index contributed by atoms with van der Waals surface area (Å²) in [7, 11) is 0. The molecule has 16 heavy (non-hydrogen) atoms. The van der Waals surface area contributed by atoms with E-state index in [0.29, 0.717) is 11.5 Å². The van der Waals surface area contributed by atoms with Crippen molar-refractivity contribution in [2.75, 3.05) is 19.8 Å². The van der Waals surface area contributed by atoms with E-state index in [4.69, 9.17) is 4.74 Å². The first-order valence-corrected chi connectivity index (χ1v) is 6.45. The van der Waals surface area contributed by atoms with Gasteiger partial charge in [0.15, 0.2) is 0 Å². The zero-order chi connectivity index (χ0) is 11.6. The lowest BCUT2D eigenvalue weighted by Gasteiger charge is -2.39. The smallest absolute Gasteiger partial charge is 0.0554 e. The van der Waals surface area contributed by atoms with Gasteiger partial charge >= 0.3 is 0 Å². The van der Waals surface area contributed by atoms with Gasteiger partial charge in [-0.15, -0.1) is 0 Å². The molecule has 0 amide bonds. The average Bonchev–Trinajstić information content (AvgIpc) is 2.23. The number of nitrogens with one attached hydrogen (secondary N) is 1. The van der Waals surface area contributed by atoms with E-state index >= 15 is 0 Å². The molecule has 2 nitrogen and oxygen atoms in total. The average molecular weight is 284 g/mol. The molecular weight excluding hydrogens is 266 g/mol. The molecule has 2 rings (SSSR count). The standard InChI is InChI=1S/C13H18BrNO/c1-10(11-4-3-5-12(14)6-11)15-7-13(2)8-16-9-13/h3-6,10,15H,7-9H2,1-2H3. The van der Waals surface area contributed by atoms with Crippen LogP contribution < -0.4 is 5.32 Å². The van der Waals surface area contributed by atoms with Gasteiger partial charge in [0.25, 0.3) is 0 Å². The van der Waals surface area contributed by atoms with Crippen LogP contribution in [0.2, 0.25) is 0 Å². The molecule has 0 aliphatic carbocycles. The van der Waals surface area contributed by atoms with Gasteiger partial charge in [-0.05, 0) is 24.6 Å². The van der Waals surface area contributed by atoms with Crippen LogP contribution in [0.15, 0.2) is 28.7 Å². The maximum Gasteiger partial charge on any atom is 0.0554 e. The molecule has 1 aromatic rings. The highest BCUT2D eigenvalue weighted by Gasteiger charge is 2.33. The minimum atomic E-state index is 0.334. The Hall–Kier alpha value is -0.380. The van der Waals surface area contributed by atoms with Crippen LogP contribution in [0.5, 0.6) is 0 Å². The highest BCUT2D eigenvalue weighted by molar-refractivity contribution is 9.10. The Balaban J connectivity index is 1.90. The third-order valence-electron chi connectivity index (χ3n) is 3.08. The number of benzene rings is 1. The Morgan fingerprint density at radius 1 is 1.50 bits per heavy atom. The molecule has 1 aliphatic rings. The second-order valence-electron chi connectivity index (χ2n) is 4.96. The van der Waals surface area contributed by atoms with Crippen LogP contribution in [-0.2, 0) is 4.74 Å². The van der Waals surface area contributed by atoms with Gasteiger partial charge in [-0.2, -0.15) is 0 Å². The molecule has 1 saturated heterocycles. The van der Waals surface area contributed by atoms with E-state index in [0.717, 1.165) is 24.2 Å². The summed E-state index contributed by atoms with van der Waals surface area (Å²) < 4.78 is 6.38. The predicted molar refractivity (Wildman–Crippen MR) is 69.5 cm³/mol. The summed E-state index contributed by atoms with van der Waals surface area (Å²) in [5.41, 5.74) is 1.65. The molecule has 1 unspecified atom stereocenters. The fourth-order valence-corrected chi connectivity index (χ4v) is 2.26. The van der Waals surface area contributed by atoms with Crippen LogP contribution >= 0.6 is 15.9 Å². The quantitative estimate of drug-likeness (QED) is 0.917. The monoisotopic (exact) mass is 283 g/mol. The Bertz CT molecular complexity index is 363. The molecule has 3 heteroatoms. The highest BCUT2D eigenvalue weighted by atomic mass is 79.9. The van der Waals surface area contributed by atoms with Crippen molar-refractivity contribution in [2.45, 2.75) is 19.9 Å². The van der Waals surface area contributed by atoms with Crippen molar-refractivity contribution in [1.29, 1.82) is 0 Å². The summed E-state index contributed by atoms with van der Waals surface area (Å²) in [5, 5.41) is 3.57. The second-order valence-corrected chi connectivity index (χ2v) is 5.88. The van der Waals surface area contributed by atoms with E-state index in [-0.39, 0.29) is 0 Å². The van der Waals surface area contributed by atoms with Crippen LogP contribution in [-0.4, -0.2) is 19.8 Å². The van der Waals surface area contributed by atoms with Crippen LogP contribution in [0.25, 0.3) is 0 Å². The van der Waals surface area contributed by atoms with Crippen LogP contribution in [0.1, 0.15) is 25.5 Å². The zero-order valence-corrected chi connectivity index (χ0v) is 11.4. The lowest BCUT2D eigenvalue weighted by atomic mass is 9.88. The molecule has 1 fully saturated rings. The van der Waals surface area contributed by atoms with E-state index < -0.39 is 0 Å². The van der Waals surface area contributed by atoms with E-state index in [9.17, 15) is 0 Å². The van der Waals surface area contributed by atoms with Gasteiger partial charge in [-0.1, -0.05) is 35.0 Å². The first-order chi connectivity index (χ1) is 7.59. The van der Waals surface area contributed by atoms with Gasteiger partial charge in [0.2, 0.25) is 0 Å². The second kappa shape index (κ2) is 4.86. The maximum absolute atomic E-state index is 5.25. The van der Waals surface area contributed by atoms with E-state index in [1.54, 1.807) is 0 Å². The van der Waals surface area contributed by atoms with Gasteiger partial charge in [0.05, 0.1) is 13.2 Å². The Kier molecular flexibility index (Phi) is 3.67. The van der Waals surface area contributed by atoms with E-state index in [1.807, 2.05) is 0 Å². The van der Waals surface area contributed by atoms with Crippen molar-refractivity contribution in [1.82, 2.24) is 5.32 Å². The number of ether oxygens (including phenoxy) is 1. The fourth-order valence-electron chi connectivity index (χ4n) is 1.85. The Morgan fingerprint density at radius 3 is 2.81 bits per heavy atom. The summed E-state index contributed by atoms with van der Waals surface area (Å²) in [6.45, 7) is 7.23. The Labute approximate surface area is 106 Å². The SMILES string of the molecule is CC(NCC1(C)COC1)c1cccc(Br)c1. The van der Waals surface area contributed by atoms with Gasteiger partial charge < -0.3 is 10.1 Å². The summed E-state index contributed by atoms with van der Waals surface area (Å²) in [4.78, 5) is 0. The molecule has 0 radical (unpaired) electrons. The first kappa shape index (κ1) is 12.1. The number of halogens is 1. The molecule has 1 aliphatic heterocycles. The molecule has 0 spiro atoms. The molecule has 1 heterocycles. The largest absolute Gasteiger partial charge is 0.380 e. The highest BCUT2D eigenvalue weighted by Crippen LogP contribution is 2.26. The topological polar surface area (TPSA) is 21.3 Å². The summed E-state index contributed by atoms with van der Waals surface area (Å²) in [6.07, 6.45) is 0. The van der Waals surface area contributed by atoms with Crippen molar-refractivity contribution in [2.24, 2.45) is 5.41 Å². The van der Waals surface area contributed by atoms with Gasteiger partial charge in [0.1, 0.15) is 0 Å². The van der Waals surface area contributed by atoms with E-state index in [2.05, 4.69) is 59.4 Å². The number of rotatable bonds is 4. The third-order valence-corrected chi connectivity index (χ3v) is 3.58. The maximum atomic E-state index is 5.25. The van der Waals surface area contributed by atoms with Crippen molar-refractivity contribution in [3.63, 3.8) is 0 Å². The fraction of sp³-hybridized carbons (Fsp3) is 0.538. The molecule has 1 N–H and O–H groups in total. The van der Waals surface area contributed by atoms with Crippen molar-refractivity contribution < 1.29 is 4.74 Å². The summed E-state index contributed by atoms with van der Waals surface area (Å²) in [6, 6.07) is 8.83. The van der Waals surface area contributed by atoms with Gasteiger partial charge in [-0.3, -0.25) is 0 Å². The minimum absolute atomic E-state index is 0.334. The van der Waals surface area contributed by atoms with E-state index in [1.165, 1.54) is 5.56 Å². The molecule has 1 aromatic carbocycles. The molecule has 1 atom stereocenters. The summed E-state index contributed by atoms with van der Waals surface area (Å²) in [5.74, 6) is 0. The third kappa shape index (κ3) is 2.84. The van der Waals surface area contributed by atoms with Crippen LogP contribution in [0.3, 0.4) is 0 Å². The predicted octanol–water partition coefficient (Wildman–Crippen LogP) is 3.14. The molecule has 0 bridgehead atoms. The molecule has 0 aromatic heterocycles. The molecular formula is C13H18BrNO. The van der Waals surface area contributed by atoms with Gasteiger partial charge in [-0.25, -0.2) is 0 Å². The van der Waals surface area contributed by atoms with Crippen LogP contribution in [0.4, 0.5) is 0 Å².